The molecule has 0 aromatic heterocycles. The van der Waals surface area contributed by atoms with Gasteiger partial charge in [0.1, 0.15) is 5.54 Å². The molecule has 4 heteroatoms. The molecule has 2 aliphatic rings. The summed E-state index contributed by atoms with van der Waals surface area (Å²) in [5.74, 6) is 0.535. The molecule has 0 aromatic carbocycles. The molecule has 0 aromatic rings. The minimum Gasteiger partial charge on any atom is -0.380 e. The summed E-state index contributed by atoms with van der Waals surface area (Å²) in [5.41, 5.74) is -0.350. The molecule has 1 aliphatic carbocycles. The number of nitrogens with zero attached hydrogens (tertiary/aromatic N) is 2. The molecule has 2 unspecified atom stereocenters. The first-order valence-corrected chi connectivity index (χ1v) is 6.10. The highest BCUT2D eigenvalue weighted by Crippen LogP contribution is 2.39. The van der Waals surface area contributed by atoms with E-state index in [1.807, 2.05) is 7.05 Å². The molecule has 0 bridgehead atoms. The van der Waals surface area contributed by atoms with E-state index in [-0.39, 0.29) is 5.54 Å². The van der Waals surface area contributed by atoms with Crippen LogP contribution in [0.25, 0.3) is 0 Å². The first-order valence-electron chi connectivity index (χ1n) is 6.10. The third-order valence-electron chi connectivity index (χ3n) is 3.95. The average Bonchev–Trinajstić information content (AvgIpc) is 3.01. The summed E-state index contributed by atoms with van der Waals surface area (Å²) in [5, 5.41) is 12.6. The first-order chi connectivity index (χ1) is 7.72. The molecule has 1 saturated carbocycles. The summed E-state index contributed by atoms with van der Waals surface area (Å²) in [6.07, 6.45) is 3.46. The number of nitrogens with one attached hydrogen (secondary N) is 1. The number of ether oxygens (including phenoxy) is 1. The van der Waals surface area contributed by atoms with Crippen LogP contribution in [0.1, 0.15) is 19.3 Å². The second kappa shape index (κ2) is 4.70. The zero-order valence-corrected chi connectivity index (χ0v) is 10.2. The Bertz CT molecular complexity index is 278. The summed E-state index contributed by atoms with van der Waals surface area (Å²) < 4.78 is 5.39. The molecule has 2 atom stereocenters. The van der Waals surface area contributed by atoms with Crippen molar-refractivity contribution in [1.29, 1.82) is 5.26 Å². The van der Waals surface area contributed by atoms with Gasteiger partial charge < -0.3 is 10.1 Å². The average molecular weight is 223 g/mol. The van der Waals surface area contributed by atoms with Crippen LogP contribution in [-0.2, 0) is 4.74 Å². The van der Waals surface area contributed by atoms with E-state index in [1.54, 1.807) is 0 Å². The molecule has 2 fully saturated rings. The standard InChI is InChI=1S/C12H21N3O/c1-14-12(8-13,10-3-4-10)9-15(2)11-5-6-16-7-11/h10-11,14H,3-7,9H2,1-2H3. The molecule has 0 spiro atoms. The largest absolute Gasteiger partial charge is 0.380 e. The third-order valence-corrected chi connectivity index (χ3v) is 3.95. The molecule has 1 saturated heterocycles. The lowest BCUT2D eigenvalue weighted by Crippen LogP contribution is -2.54. The fourth-order valence-corrected chi connectivity index (χ4v) is 2.56. The molecule has 1 N–H and O–H groups in total. The fourth-order valence-electron chi connectivity index (χ4n) is 2.56. The highest BCUT2D eigenvalue weighted by molar-refractivity contribution is 5.16. The van der Waals surface area contributed by atoms with Crippen LogP contribution in [0, 0.1) is 17.2 Å². The normalized spacial score (nSPS) is 29.0. The van der Waals surface area contributed by atoms with Gasteiger partial charge in [-0.05, 0) is 39.3 Å². The maximum absolute atomic E-state index is 9.41. The predicted molar refractivity (Wildman–Crippen MR) is 62.0 cm³/mol. The smallest absolute Gasteiger partial charge is 0.122 e. The number of rotatable bonds is 5. The molecule has 0 radical (unpaired) electrons. The Labute approximate surface area is 97.6 Å². The number of likely N-dealkylation sites (N-methyl/N-ethyl adjacent to an activating group) is 2. The van der Waals surface area contributed by atoms with Gasteiger partial charge in [-0.25, -0.2) is 0 Å². The molecule has 1 aliphatic heterocycles. The summed E-state index contributed by atoms with van der Waals surface area (Å²) in [6.45, 7) is 2.47. The molecule has 0 amide bonds. The van der Waals surface area contributed by atoms with Crippen LogP contribution in [0.4, 0.5) is 0 Å². The molecular formula is C12H21N3O. The second-order valence-electron chi connectivity index (χ2n) is 5.04. The van der Waals surface area contributed by atoms with Gasteiger partial charge in [0.2, 0.25) is 0 Å². The lowest BCUT2D eigenvalue weighted by molar-refractivity contribution is 0.141. The predicted octanol–water partition coefficient (Wildman–Crippen LogP) is 0.599. The fraction of sp³-hybridized carbons (Fsp3) is 0.917. The Kier molecular flexibility index (Phi) is 3.48. The zero-order valence-electron chi connectivity index (χ0n) is 10.2. The molecular weight excluding hydrogens is 202 g/mol. The van der Waals surface area contributed by atoms with Gasteiger partial charge in [0.15, 0.2) is 0 Å². The van der Waals surface area contributed by atoms with Gasteiger partial charge in [-0.3, -0.25) is 4.90 Å². The lowest BCUT2D eigenvalue weighted by atomic mass is 9.94. The minimum atomic E-state index is -0.350. The van der Waals surface area contributed by atoms with E-state index in [2.05, 4.69) is 23.3 Å². The van der Waals surface area contributed by atoms with E-state index in [0.717, 1.165) is 26.2 Å². The van der Waals surface area contributed by atoms with E-state index in [9.17, 15) is 5.26 Å². The second-order valence-corrected chi connectivity index (χ2v) is 5.04. The Balaban J connectivity index is 1.97. The van der Waals surface area contributed by atoms with Crippen molar-refractivity contribution in [3.05, 3.63) is 0 Å². The van der Waals surface area contributed by atoms with Crippen LogP contribution in [0.3, 0.4) is 0 Å². The van der Waals surface area contributed by atoms with E-state index in [4.69, 9.17) is 4.74 Å². The van der Waals surface area contributed by atoms with Gasteiger partial charge >= 0.3 is 0 Å². The van der Waals surface area contributed by atoms with Crippen LogP contribution >= 0.6 is 0 Å². The van der Waals surface area contributed by atoms with Crippen LogP contribution in [-0.4, -0.2) is 50.3 Å². The monoisotopic (exact) mass is 223 g/mol. The van der Waals surface area contributed by atoms with Crippen LogP contribution in [0.15, 0.2) is 0 Å². The molecule has 90 valence electrons. The van der Waals surface area contributed by atoms with Crippen molar-refractivity contribution in [3.8, 4) is 6.07 Å². The maximum Gasteiger partial charge on any atom is 0.122 e. The lowest BCUT2D eigenvalue weighted by Gasteiger charge is -2.33. The number of hydrogen-bond acceptors (Lipinski definition) is 4. The summed E-state index contributed by atoms with van der Waals surface area (Å²) in [6, 6.07) is 2.97. The maximum atomic E-state index is 9.41. The van der Waals surface area contributed by atoms with Crippen molar-refractivity contribution < 1.29 is 4.74 Å². The molecule has 16 heavy (non-hydrogen) atoms. The zero-order chi connectivity index (χ0) is 11.6. The van der Waals surface area contributed by atoms with Gasteiger partial charge in [-0.15, -0.1) is 0 Å². The van der Waals surface area contributed by atoms with E-state index in [0.29, 0.717) is 12.0 Å². The van der Waals surface area contributed by atoms with E-state index in [1.165, 1.54) is 12.8 Å². The van der Waals surface area contributed by atoms with Crippen molar-refractivity contribution in [2.24, 2.45) is 5.92 Å². The molecule has 2 rings (SSSR count). The van der Waals surface area contributed by atoms with Crippen LogP contribution in [0.2, 0.25) is 0 Å². The highest BCUT2D eigenvalue weighted by atomic mass is 16.5. The van der Waals surface area contributed by atoms with Gasteiger partial charge in [-0.1, -0.05) is 0 Å². The van der Waals surface area contributed by atoms with Crippen LogP contribution in [0.5, 0.6) is 0 Å². The van der Waals surface area contributed by atoms with Gasteiger partial charge in [0.05, 0.1) is 12.7 Å². The molecule has 4 nitrogen and oxygen atoms in total. The van der Waals surface area contributed by atoms with Crippen LogP contribution < -0.4 is 5.32 Å². The summed E-state index contributed by atoms with van der Waals surface area (Å²) >= 11 is 0. The van der Waals surface area contributed by atoms with Crippen molar-refractivity contribution in [2.75, 3.05) is 33.9 Å². The van der Waals surface area contributed by atoms with Crippen molar-refractivity contribution in [1.82, 2.24) is 10.2 Å². The number of hydrogen-bond donors (Lipinski definition) is 1. The van der Waals surface area contributed by atoms with Gasteiger partial charge in [0, 0.05) is 19.2 Å². The Morgan fingerprint density at radius 3 is 2.69 bits per heavy atom. The first kappa shape index (κ1) is 11.8. The van der Waals surface area contributed by atoms with Crippen molar-refractivity contribution >= 4 is 0 Å². The van der Waals surface area contributed by atoms with Gasteiger partial charge in [0.25, 0.3) is 0 Å². The highest BCUT2D eigenvalue weighted by Gasteiger charge is 2.46. The Morgan fingerprint density at radius 2 is 2.25 bits per heavy atom. The number of nitriles is 1. The Hall–Kier alpha value is -0.630. The molecule has 1 heterocycles. The van der Waals surface area contributed by atoms with Crippen molar-refractivity contribution in [2.45, 2.75) is 30.8 Å². The van der Waals surface area contributed by atoms with Gasteiger partial charge in [-0.2, -0.15) is 5.26 Å². The van der Waals surface area contributed by atoms with Crippen molar-refractivity contribution in [3.63, 3.8) is 0 Å². The van der Waals surface area contributed by atoms with E-state index < -0.39 is 0 Å². The topological polar surface area (TPSA) is 48.3 Å². The SMILES string of the molecule is CNC(C#N)(CN(C)C1CCOC1)C1CC1. The summed E-state index contributed by atoms with van der Waals surface area (Å²) in [4.78, 5) is 2.28. The van der Waals surface area contributed by atoms with E-state index >= 15 is 0 Å². The Morgan fingerprint density at radius 1 is 1.50 bits per heavy atom. The minimum absolute atomic E-state index is 0.350. The third kappa shape index (κ3) is 2.22. The summed E-state index contributed by atoms with van der Waals surface area (Å²) in [7, 11) is 4.01. The quantitative estimate of drug-likeness (QED) is 0.741.